The largest absolute Gasteiger partial charge is 0.0714 e. The molecular formula is C26H19Br. The van der Waals surface area contributed by atoms with Crippen LogP contribution in [-0.4, -0.2) is 0 Å². The van der Waals surface area contributed by atoms with Crippen molar-refractivity contribution in [2.45, 2.75) is 12.3 Å². The van der Waals surface area contributed by atoms with Crippen molar-refractivity contribution in [2.75, 3.05) is 0 Å². The van der Waals surface area contributed by atoms with E-state index in [4.69, 9.17) is 0 Å². The minimum Gasteiger partial charge on any atom is -0.0622 e. The van der Waals surface area contributed by atoms with Crippen LogP contribution in [0.5, 0.6) is 0 Å². The maximum Gasteiger partial charge on any atom is 0.0714 e. The maximum atomic E-state index is 3.72. The van der Waals surface area contributed by atoms with Crippen LogP contribution in [0.2, 0.25) is 0 Å². The summed E-state index contributed by atoms with van der Waals surface area (Å²) in [7, 11) is 0. The Hall–Kier alpha value is -2.64. The van der Waals surface area contributed by atoms with E-state index < -0.39 is 0 Å². The molecule has 27 heavy (non-hydrogen) atoms. The van der Waals surface area contributed by atoms with Crippen LogP contribution in [0.3, 0.4) is 0 Å². The summed E-state index contributed by atoms with van der Waals surface area (Å²) in [5.41, 5.74) is 9.05. The van der Waals surface area contributed by atoms with Crippen LogP contribution in [0.15, 0.2) is 102 Å². The molecule has 1 aliphatic rings. The van der Waals surface area contributed by atoms with Crippen molar-refractivity contribution in [1.29, 1.82) is 0 Å². The first-order valence-electron chi connectivity index (χ1n) is 9.24. The average Bonchev–Trinajstić information content (AvgIpc) is 3.01. The Morgan fingerprint density at radius 2 is 1.26 bits per heavy atom. The molecule has 0 radical (unpaired) electrons. The van der Waals surface area contributed by atoms with Crippen molar-refractivity contribution in [3.63, 3.8) is 0 Å². The molecule has 4 aromatic rings. The van der Waals surface area contributed by atoms with Gasteiger partial charge in [-0.1, -0.05) is 101 Å². The Morgan fingerprint density at radius 3 is 1.89 bits per heavy atom. The van der Waals surface area contributed by atoms with Crippen molar-refractivity contribution in [2.24, 2.45) is 0 Å². The van der Waals surface area contributed by atoms with E-state index in [9.17, 15) is 0 Å². The number of aryl methyl sites for hydroxylation is 1. The van der Waals surface area contributed by atoms with Crippen LogP contribution in [0, 0.1) is 6.92 Å². The highest BCUT2D eigenvalue weighted by Gasteiger charge is 2.46. The van der Waals surface area contributed by atoms with E-state index in [1.54, 1.807) is 0 Å². The van der Waals surface area contributed by atoms with Crippen LogP contribution in [0.4, 0.5) is 0 Å². The van der Waals surface area contributed by atoms with Gasteiger partial charge < -0.3 is 0 Å². The molecule has 0 unspecified atom stereocenters. The van der Waals surface area contributed by atoms with E-state index in [-0.39, 0.29) is 5.41 Å². The number of rotatable bonds is 2. The zero-order chi connectivity index (χ0) is 18.4. The molecule has 0 heterocycles. The fourth-order valence-electron chi connectivity index (χ4n) is 4.69. The minimum atomic E-state index is -0.303. The Bertz CT molecular complexity index is 1090. The quantitative estimate of drug-likeness (QED) is 0.290. The molecule has 0 aromatic heterocycles. The van der Waals surface area contributed by atoms with E-state index in [2.05, 4.69) is 120 Å². The molecular weight excluding hydrogens is 392 g/mol. The Kier molecular flexibility index (Phi) is 3.80. The molecule has 0 aliphatic heterocycles. The van der Waals surface area contributed by atoms with Crippen molar-refractivity contribution < 1.29 is 0 Å². The van der Waals surface area contributed by atoms with Crippen molar-refractivity contribution in [3.05, 3.63) is 129 Å². The third-order valence-electron chi connectivity index (χ3n) is 5.75. The third kappa shape index (κ3) is 2.28. The van der Waals surface area contributed by atoms with Gasteiger partial charge in [0.2, 0.25) is 0 Å². The summed E-state index contributed by atoms with van der Waals surface area (Å²) in [6.45, 7) is 2.22. The second-order valence-electron chi connectivity index (χ2n) is 7.17. The van der Waals surface area contributed by atoms with E-state index >= 15 is 0 Å². The fourth-order valence-corrected chi connectivity index (χ4v) is 5.05. The van der Waals surface area contributed by atoms with Crippen LogP contribution in [0.1, 0.15) is 27.8 Å². The van der Waals surface area contributed by atoms with E-state index in [1.165, 1.54) is 38.9 Å². The monoisotopic (exact) mass is 410 g/mol. The molecule has 1 aliphatic carbocycles. The van der Waals surface area contributed by atoms with Gasteiger partial charge in [-0.3, -0.25) is 0 Å². The Balaban J connectivity index is 2.01. The van der Waals surface area contributed by atoms with Crippen molar-refractivity contribution in [3.8, 4) is 11.1 Å². The molecule has 4 aromatic carbocycles. The SMILES string of the molecule is Cc1cccc2c1-c1ccc(Br)cc1C2(c1ccccc1)c1ccccc1. The number of hydrogen-bond acceptors (Lipinski definition) is 0. The highest BCUT2D eigenvalue weighted by atomic mass is 79.9. The smallest absolute Gasteiger partial charge is 0.0622 e. The summed E-state index contributed by atoms with van der Waals surface area (Å²) in [6.07, 6.45) is 0. The second kappa shape index (κ2) is 6.21. The molecule has 0 saturated heterocycles. The molecule has 0 atom stereocenters. The predicted molar refractivity (Wildman–Crippen MR) is 116 cm³/mol. The normalized spacial score (nSPS) is 13.9. The summed E-state index contributed by atoms with van der Waals surface area (Å²) in [5.74, 6) is 0. The van der Waals surface area contributed by atoms with Gasteiger partial charge in [0.1, 0.15) is 0 Å². The van der Waals surface area contributed by atoms with E-state index in [1.807, 2.05) is 0 Å². The van der Waals surface area contributed by atoms with Crippen LogP contribution in [-0.2, 0) is 5.41 Å². The number of fused-ring (bicyclic) bond motifs is 3. The van der Waals surface area contributed by atoms with Crippen molar-refractivity contribution >= 4 is 15.9 Å². The first kappa shape index (κ1) is 16.5. The summed E-state index contributed by atoms with van der Waals surface area (Å²) in [6, 6.07) is 35.2. The van der Waals surface area contributed by atoms with Gasteiger partial charge in [-0.05, 0) is 58.0 Å². The zero-order valence-corrected chi connectivity index (χ0v) is 16.7. The highest BCUT2D eigenvalue weighted by molar-refractivity contribution is 9.10. The molecule has 1 heteroatoms. The van der Waals surface area contributed by atoms with Gasteiger partial charge in [-0.2, -0.15) is 0 Å². The van der Waals surface area contributed by atoms with Gasteiger partial charge in [0, 0.05) is 4.47 Å². The molecule has 5 rings (SSSR count). The standard InChI is InChI=1S/C26H19Br/c1-18-9-8-14-23-25(18)22-16-15-21(27)17-24(22)26(23,19-10-4-2-5-11-19)20-12-6-3-7-13-20/h2-17H,1H3. The molecule has 0 spiro atoms. The van der Waals surface area contributed by atoms with Gasteiger partial charge >= 0.3 is 0 Å². The summed E-state index contributed by atoms with van der Waals surface area (Å²) < 4.78 is 1.11. The van der Waals surface area contributed by atoms with Gasteiger partial charge in [0.15, 0.2) is 0 Å². The van der Waals surface area contributed by atoms with Gasteiger partial charge in [-0.15, -0.1) is 0 Å². The number of hydrogen-bond donors (Lipinski definition) is 0. The number of benzene rings is 4. The lowest BCUT2D eigenvalue weighted by Crippen LogP contribution is -2.28. The van der Waals surface area contributed by atoms with Crippen LogP contribution >= 0.6 is 15.9 Å². The second-order valence-corrected chi connectivity index (χ2v) is 8.09. The highest BCUT2D eigenvalue weighted by Crippen LogP contribution is 2.57. The zero-order valence-electron chi connectivity index (χ0n) is 15.1. The summed E-state index contributed by atoms with van der Waals surface area (Å²) in [5, 5.41) is 0. The van der Waals surface area contributed by atoms with Gasteiger partial charge in [0.05, 0.1) is 5.41 Å². The summed E-state index contributed by atoms with van der Waals surface area (Å²) >= 11 is 3.72. The maximum absolute atomic E-state index is 3.72. The molecule has 0 nitrogen and oxygen atoms in total. The van der Waals surface area contributed by atoms with Gasteiger partial charge in [-0.25, -0.2) is 0 Å². The predicted octanol–water partition coefficient (Wildman–Crippen LogP) is 7.12. The van der Waals surface area contributed by atoms with Gasteiger partial charge in [0.25, 0.3) is 0 Å². The van der Waals surface area contributed by atoms with E-state index in [0.717, 1.165) is 4.47 Å². The fraction of sp³-hybridized carbons (Fsp3) is 0.0769. The van der Waals surface area contributed by atoms with E-state index in [0.29, 0.717) is 0 Å². The molecule has 0 bridgehead atoms. The van der Waals surface area contributed by atoms with Crippen LogP contribution in [0.25, 0.3) is 11.1 Å². The molecule has 0 saturated carbocycles. The topological polar surface area (TPSA) is 0 Å². The lowest BCUT2D eigenvalue weighted by atomic mass is 9.67. The van der Waals surface area contributed by atoms with Crippen LogP contribution < -0.4 is 0 Å². The molecule has 130 valence electrons. The Morgan fingerprint density at radius 1 is 0.630 bits per heavy atom. The lowest BCUT2D eigenvalue weighted by Gasteiger charge is -2.34. The molecule has 0 fully saturated rings. The number of halogens is 1. The lowest BCUT2D eigenvalue weighted by molar-refractivity contribution is 0.767. The first-order chi connectivity index (χ1) is 13.2. The van der Waals surface area contributed by atoms with Crippen molar-refractivity contribution in [1.82, 2.24) is 0 Å². The average molecular weight is 411 g/mol. The Labute approximate surface area is 168 Å². The third-order valence-corrected chi connectivity index (χ3v) is 6.24. The summed E-state index contributed by atoms with van der Waals surface area (Å²) in [4.78, 5) is 0. The minimum absolute atomic E-state index is 0.303. The first-order valence-corrected chi connectivity index (χ1v) is 10.0. The molecule has 0 amide bonds. The molecule has 0 N–H and O–H groups in total.